The summed E-state index contributed by atoms with van der Waals surface area (Å²) < 4.78 is 10.5. The summed E-state index contributed by atoms with van der Waals surface area (Å²) in [7, 11) is 3.12. The minimum Gasteiger partial charge on any atom is -0.493 e. The zero-order chi connectivity index (χ0) is 24.2. The molecule has 0 bridgehead atoms. The lowest BCUT2D eigenvalue weighted by Gasteiger charge is -2.17. The van der Waals surface area contributed by atoms with E-state index in [4.69, 9.17) is 21.1 Å². The van der Waals surface area contributed by atoms with Crippen molar-refractivity contribution in [1.29, 1.82) is 0 Å². The molecule has 1 aliphatic heterocycles. The topological polar surface area (TPSA) is 93.7 Å². The number of nitrogens with one attached hydrogen (secondary N) is 1. The number of aromatic nitrogens is 2. The molecule has 176 valence electrons. The predicted octanol–water partition coefficient (Wildman–Crippen LogP) is 4.69. The Kier molecular flexibility index (Phi) is 7.14. The third-order valence-electron chi connectivity index (χ3n) is 5.45. The monoisotopic (exact) mass is 498 g/mol. The van der Waals surface area contributed by atoms with Gasteiger partial charge < -0.3 is 14.4 Å². The maximum atomic E-state index is 12.6. The van der Waals surface area contributed by atoms with Crippen molar-refractivity contribution in [3.8, 4) is 11.5 Å². The molecule has 2 aromatic carbocycles. The highest BCUT2D eigenvalue weighted by molar-refractivity contribution is 7.15. The molecule has 34 heavy (non-hydrogen) atoms. The van der Waals surface area contributed by atoms with E-state index in [-0.39, 0.29) is 17.7 Å². The molecule has 10 heteroatoms. The van der Waals surface area contributed by atoms with Crippen LogP contribution in [0.5, 0.6) is 11.5 Å². The van der Waals surface area contributed by atoms with Crippen LogP contribution in [0.4, 0.5) is 10.8 Å². The van der Waals surface area contributed by atoms with E-state index in [0.29, 0.717) is 39.6 Å². The van der Waals surface area contributed by atoms with Crippen molar-refractivity contribution >= 4 is 51.6 Å². The second-order valence-electron chi connectivity index (χ2n) is 7.72. The molecule has 0 aliphatic carbocycles. The van der Waals surface area contributed by atoms with Crippen LogP contribution in [-0.2, 0) is 9.59 Å². The summed E-state index contributed by atoms with van der Waals surface area (Å²) in [6.45, 7) is 2.40. The largest absolute Gasteiger partial charge is 0.493 e. The number of hydrogen-bond donors (Lipinski definition) is 1. The first-order chi connectivity index (χ1) is 16.4. The fraction of sp³-hybridized carbons (Fsp3) is 0.250. The van der Waals surface area contributed by atoms with E-state index >= 15 is 0 Å². The minimum absolute atomic E-state index is 0.00329. The molecule has 4 rings (SSSR count). The van der Waals surface area contributed by atoms with Crippen LogP contribution in [0.2, 0.25) is 5.02 Å². The lowest BCUT2D eigenvalue weighted by Crippen LogP contribution is -2.24. The summed E-state index contributed by atoms with van der Waals surface area (Å²) in [6, 6.07) is 10.9. The Balaban J connectivity index is 1.39. The number of carbonyl (C=O) groups is 2. The Morgan fingerprint density at radius 1 is 1.18 bits per heavy atom. The van der Waals surface area contributed by atoms with Crippen LogP contribution in [0, 0.1) is 6.92 Å². The number of hydrogen-bond acceptors (Lipinski definition) is 7. The van der Waals surface area contributed by atoms with Crippen LogP contribution in [0.3, 0.4) is 0 Å². The molecule has 1 N–H and O–H groups in total. The summed E-state index contributed by atoms with van der Waals surface area (Å²) in [5, 5.41) is 12.7. The van der Waals surface area contributed by atoms with Gasteiger partial charge in [0.05, 0.1) is 14.2 Å². The fourth-order valence-corrected chi connectivity index (χ4v) is 4.61. The molecule has 1 fully saturated rings. The van der Waals surface area contributed by atoms with Crippen molar-refractivity contribution in [3.63, 3.8) is 0 Å². The Bertz CT molecular complexity index is 1260. The number of amides is 2. The maximum Gasteiger partial charge on any atom is 0.250 e. The van der Waals surface area contributed by atoms with Gasteiger partial charge in [0, 0.05) is 35.7 Å². The maximum absolute atomic E-state index is 12.6. The Morgan fingerprint density at radius 2 is 1.97 bits per heavy atom. The number of benzene rings is 2. The molecule has 0 saturated carbocycles. The van der Waals surface area contributed by atoms with Gasteiger partial charge in [-0.25, -0.2) is 0 Å². The van der Waals surface area contributed by atoms with Gasteiger partial charge in [-0.15, -0.1) is 10.2 Å². The smallest absolute Gasteiger partial charge is 0.250 e. The molecule has 1 atom stereocenters. The van der Waals surface area contributed by atoms with Crippen molar-refractivity contribution in [2.75, 3.05) is 31.0 Å². The first kappa shape index (κ1) is 23.7. The van der Waals surface area contributed by atoms with Crippen LogP contribution < -0.4 is 19.7 Å². The normalized spacial score (nSPS) is 15.7. The van der Waals surface area contributed by atoms with E-state index < -0.39 is 0 Å². The van der Waals surface area contributed by atoms with Gasteiger partial charge in [-0.05, 0) is 48.4 Å². The lowest BCUT2D eigenvalue weighted by atomic mass is 10.1. The Morgan fingerprint density at radius 3 is 2.71 bits per heavy atom. The number of carbonyl (C=O) groups excluding carboxylic acids is 2. The summed E-state index contributed by atoms with van der Waals surface area (Å²) in [4.78, 5) is 26.7. The average molecular weight is 499 g/mol. The van der Waals surface area contributed by atoms with Gasteiger partial charge in [-0.3, -0.25) is 14.9 Å². The predicted molar refractivity (Wildman–Crippen MR) is 133 cm³/mol. The summed E-state index contributed by atoms with van der Waals surface area (Å²) in [5.74, 6) is 0.754. The molecule has 3 aromatic rings. The lowest BCUT2D eigenvalue weighted by molar-refractivity contribution is -0.117. The Labute approximate surface area is 206 Å². The van der Waals surface area contributed by atoms with Crippen molar-refractivity contribution < 1.29 is 19.1 Å². The average Bonchev–Trinajstić information content (AvgIpc) is 3.45. The highest BCUT2D eigenvalue weighted by Crippen LogP contribution is 2.35. The molecule has 1 saturated heterocycles. The molecular weight excluding hydrogens is 476 g/mol. The van der Waals surface area contributed by atoms with E-state index in [0.717, 1.165) is 16.8 Å². The summed E-state index contributed by atoms with van der Waals surface area (Å²) in [6.07, 6.45) is 3.40. The van der Waals surface area contributed by atoms with Crippen LogP contribution in [0.1, 0.15) is 28.5 Å². The van der Waals surface area contributed by atoms with Gasteiger partial charge >= 0.3 is 0 Å². The fourth-order valence-electron chi connectivity index (χ4n) is 3.60. The van der Waals surface area contributed by atoms with Gasteiger partial charge in [-0.1, -0.05) is 35.1 Å². The summed E-state index contributed by atoms with van der Waals surface area (Å²) in [5.41, 5.74) is 2.51. The molecule has 0 radical (unpaired) electrons. The quantitative estimate of drug-likeness (QED) is 0.475. The van der Waals surface area contributed by atoms with Crippen molar-refractivity contribution in [1.82, 2.24) is 10.2 Å². The number of ether oxygens (including phenoxy) is 2. The first-order valence-electron chi connectivity index (χ1n) is 10.5. The highest BCUT2D eigenvalue weighted by atomic mass is 35.5. The third kappa shape index (κ3) is 5.21. The van der Waals surface area contributed by atoms with E-state index in [2.05, 4.69) is 15.5 Å². The van der Waals surface area contributed by atoms with Crippen LogP contribution >= 0.6 is 22.9 Å². The Hall–Kier alpha value is -3.43. The van der Waals surface area contributed by atoms with Gasteiger partial charge in [0.15, 0.2) is 11.5 Å². The van der Waals surface area contributed by atoms with Crippen molar-refractivity contribution in [3.05, 3.63) is 63.6 Å². The first-order valence-corrected chi connectivity index (χ1v) is 11.7. The summed E-state index contributed by atoms with van der Waals surface area (Å²) >= 11 is 7.49. The molecular formula is C24H23ClN4O4S. The van der Waals surface area contributed by atoms with Crippen molar-refractivity contribution in [2.45, 2.75) is 19.3 Å². The third-order valence-corrected chi connectivity index (χ3v) is 6.86. The number of nitrogens with zero attached hydrogens (tertiary/aromatic N) is 3. The van der Waals surface area contributed by atoms with E-state index in [1.807, 2.05) is 25.1 Å². The van der Waals surface area contributed by atoms with Gasteiger partial charge in [0.1, 0.15) is 5.01 Å². The van der Waals surface area contributed by atoms with E-state index in [1.54, 1.807) is 43.4 Å². The molecule has 8 nitrogen and oxygen atoms in total. The van der Waals surface area contributed by atoms with Gasteiger partial charge in [0.2, 0.25) is 16.9 Å². The number of rotatable bonds is 7. The van der Waals surface area contributed by atoms with E-state index in [9.17, 15) is 9.59 Å². The molecule has 1 aliphatic rings. The number of anilines is 2. The zero-order valence-corrected chi connectivity index (χ0v) is 20.4. The van der Waals surface area contributed by atoms with Gasteiger partial charge in [0.25, 0.3) is 0 Å². The molecule has 0 spiro atoms. The van der Waals surface area contributed by atoms with Crippen molar-refractivity contribution in [2.24, 2.45) is 0 Å². The molecule has 2 heterocycles. The zero-order valence-electron chi connectivity index (χ0n) is 18.9. The van der Waals surface area contributed by atoms with Gasteiger partial charge in [-0.2, -0.15) is 0 Å². The number of aryl methyl sites for hydroxylation is 1. The standard InChI is InChI=1S/C24H23ClN4O4S/c1-14-4-7-17(12-18(14)25)29-13-16(11-22(29)31)23-27-28-24(34-23)26-21(30)9-6-15-5-8-19(32-2)20(10-15)33-3/h4-10,12,16H,11,13H2,1-3H3,(H,26,28,30)/b9-6+. The number of halogens is 1. The van der Waals surface area contributed by atoms with E-state index in [1.165, 1.54) is 17.4 Å². The number of methoxy groups -OCH3 is 2. The minimum atomic E-state index is -0.337. The molecule has 1 unspecified atom stereocenters. The van der Waals surface area contributed by atoms with Crippen LogP contribution in [0.25, 0.3) is 6.08 Å². The SMILES string of the molecule is COc1ccc(/C=C/C(=O)Nc2nnc(C3CC(=O)N(c4ccc(C)c(Cl)c4)C3)s2)cc1OC. The van der Waals surface area contributed by atoms with Crippen LogP contribution in [0.15, 0.2) is 42.5 Å². The second-order valence-corrected chi connectivity index (χ2v) is 9.14. The van der Waals surface area contributed by atoms with Crippen LogP contribution in [-0.4, -0.2) is 42.8 Å². The highest BCUT2D eigenvalue weighted by Gasteiger charge is 2.34. The molecule has 2 amide bonds. The second kappa shape index (κ2) is 10.2. The molecule has 1 aromatic heterocycles.